The Morgan fingerprint density at radius 3 is 2.51 bits per heavy atom. The molecule has 1 aliphatic rings. The fourth-order valence-electron chi connectivity index (χ4n) is 4.07. The Morgan fingerprint density at radius 1 is 1.16 bits per heavy atom. The number of carbonyl (C=O) groups excluding carboxylic acids is 3. The monoisotopic (exact) mass is 587 g/mol. The van der Waals surface area contributed by atoms with Crippen LogP contribution in [0.15, 0.2) is 59.5 Å². The molecule has 0 unspecified atom stereocenters. The molecule has 1 aromatic carbocycles. The maximum atomic E-state index is 13.1. The number of pyridine rings is 1. The maximum Gasteiger partial charge on any atom is 0.416 e. The summed E-state index contributed by atoms with van der Waals surface area (Å²) in [5.41, 5.74) is 5.49. The standard InChI is InChI=1S/C29H29N7O7/c1-29(2,3)43-28(41)35(13-16-4-5-16)22-12-18(10-11-31-22)26-33-21(15-42-26)25(38)32-20-14-36(34-23(20)24(30)37)19-8-6-17(7-9-19)27(39)40/h6-12,14-16H,4-5,13H2,1-3H3,(H2,30,37)(H,32,38)(H,39,40). The van der Waals surface area contributed by atoms with E-state index in [9.17, 15) is 19.2 Å². The molecule has 1 fully saturated rings. The van der Waals surface area contributed by atoms with Gasteiger partial charge in [0.2, 0.25) is 5.89 Å². The van der Waals surface area contributed by atoms with E-state index in [-0.39, 0.29) is 28.5 Å². The number of carboxylic acids is 1. The van der Waals surface area contributed by atoms with Crippen LogP contribution < -0.4 is 16.0 Å². The summed E-state index contributed by atoms with van der Waals surface area (Å²) in [5, 5.41) is 15.8. The second-order valence-electron chi connectivity index (χ2n) is 11.0. The molecule has 0 aliphatic heterocycles. The molecule has 0 radical (unpaired) electrons. The Kier molecular flexibility index (Phi) is 7.68. The lowest BCUT2D eigenvalue weighted by molar-refractivity contribution is 0.0576. The van der Waals surface area contributed by atoms with Crippen LogP contribution in [0.1, 0.15) is 64.9 Å². The van der Waals surface area contributed by atoms with Crippen LogP contribution in [-0.2, 0) is 4.74 Å². The highest BCUT2D eigenvalue weighted by Gasteiger charge is 2.31. The summed E-state index contributed by atoms with van der Waals surface area (Å²) in [5.74, 6) is -1.84. The number of hydrogen-bond acceptors (Lipinski definition) is 9. The lowest BCUT2D eigenvalue weighted by Crippen LogP contribution is -2.38. The van der Waals surface area contributed by atoms with Gasteiger partial charge in [0, 0.05) is 18.3 Å². The van der Waals surface area contributed by atoms with Gasteiger partial charge in [-0.3, -0.25) is 14.5 Å². The second-order valence-corrected chi connectivity index (χ2v) is 11.0. The van der Waals surface area contributed by atoms with Gasteiger partial charge >= 0.3 is 12.1 Å². The molecule has 5 rings (SSSR count). The molecule has 4 aromatic rings. The Balaban J connectivity index is 1.35. The Bertz CT molecular complexity index is 1700. The minimum Gasteiger partial charge on any atom is -0.478 e. The van der Waals surface area contributed by atoms with E-state index in [4.69, 9.17) is 20.0 Å². The first-order chi connectivity index (χ1) is 20.4. The summed E-state index contributed by atoms with van der Waals surface area (Å²) >= 11 is 0. The van der Waals surface area contributed by atoms with Crippen molar-refractivity contribution >= 4 is 35.4 Å². The van der Waals surface area contributed by atoms with E-state index in [0.29, 0.717) is 29.5 Å². The highest BCUT2D eigenvalue weighted by atomic mass is 16.6. The summed E-state index contributed by atoms with van der Waals surface area (Å²) < 4.78 is 12.4. The number of hydrogen-bond donors (Lipinski definition) is 3. The lowest BCUT2D eigenvalue weighted by Gasteiger charge is -2.27. The van der Waals surface area contributed by atoms with Gasteiger partial charge < -0.3 is 25.3 Å². The van der Waals surface area contributed by atoms with Crippen molar-refractivity contribution in [2.75, 3.05) is 16.8 Å². The van der Waals surface area contributed by atoms with Gasteiger partial charge in [0.1, 0.15) is 17.7 Å². The van der Waals surface area contributed by atoms with Crippen molar-refractivity contribution in [1.29, 1.82) is 0 Å². The van der Waals surface area contributed by atoms with E-state index in [2.05, 4.69) is 20.4 Å². The van der Waals surface area contributed by atoms with Gasteiger partial charge in [0.25, 0.3) is 11.8 Å². The first-order valence-corrected chi connectivity index (χ1v) is 13.3. The lowest BCUT2D eigenvalue weighted by atomic mass is 10.2. The third-order valence-corrected chi connectivity index (χ3v) is 6.33. The number of anilines is 2. The zero-order valence-corrected chi connectivity index (χ0v) is 23.6. The number of aromatic nitrogens is 4. The molecular formula is C29H29N7O7. The highest BCUT2D eigenvalue weighted by Crippen LogP contribution is 2.33. The molecule has 1 saturated carbocycles. The van der Waals surface area contributed by atoms with Gasteiger partial charge in [0.05, 0.1) is 23.1 Å². The summed E-state index contributed by atoms with van der Waals surface area (Å²) in [6.07, 6.45) is 5.55. The van der Waals surface area contributed by atoms with Crippen LogP contribution in [0.25, 0.3) is 17.1 Å². The van der Waals surface area contributed by atoms with Gasteiger partial charge in [-0.1, -0.05) is 0 Å². The number of nitrogens with one attached hydrogen (secondary N) is 1. The molecule has 0 spiro atoms. The van der Waals surface area contributed by atoms with Gasteiger partial charge in [-0.05, 0) is 75.9 Å². The summed E-state index contributed by atoms with van der Waals surface area (Å²) in [6, 6.07) is 9.00. The van der Waals surface area contributed by atoms with E-state index in [1.165, 1.54) is 46.2 Å². The molecule has 222 valence electrons. The van der Waals surface area contributed by atoms with Crippen molar-refractivity contribution in [2.24, 2.45) is 11.7 Å². The number of nitrogens with two attached hydrogens (primary N) is 1. The van der Waals surface area contributed by atoms with Crippen LogP contribution in [0, 0.1) is 5.92 Å². The van der Waals surface area contributed by atoms with E-state index in [1.54, 1.807) is 32.9 Å². The fraction of sp³-hybridized carbons (Fsp3) is 0.276. The molecule has 3 aromatic heterocycles. The van der Waals surface area contributed by atoms with Crippen LogP contribution in [0.5, 0.6) is 0 Å². The molecule has 0 saturated heterocycles. The summed E-state index contributed by atoms with van der Waals surface area (Å²) in [6.45, 7) is 5.84. The van der Waals surface area contributed by atoms with Gasteiger partial charge in [-0.25, -0.2) is 24.2 Å². The van der Waals surface area contributed by atoms with E-state index >= 15 is 0 Å². The van der Waals surface area contributed by atoms with Gasteiger partial charge in [0.15, 0.2) is 11.4 Å². The number of nitrogens with zero attached hydrogens (tertiary/aromatic N) is 5. The molecular weight excluding hydrogens is 558 g/mol. The zero-order valence-electron chi connectivity index (χ0n) is 23.6. The van der Waals surface area contributed by atoms with Crippen molar-refractivity contribution < 1.29 is 33.4 Å². The first-order valence-electron chi connectivity index (χ1n) is 13.3. The molecule has 4 N–H and O–H groups in total. The number of carboxylic acid groups (broad SMARTS) is 1. The third kappa shape index (κ3) is 6.86. The van der Waals surface area contributed by atoms with Gasteiger partial charge in [-0.15, -0.1) is 0 Å². The normalized spacial score (nSPS) is 12.9. The van der Waals surface area contributed by atoms with Crippen molar-refractivity contribution in [3.05, 3.63) is 72.0 Å². The molecule has 14 nitrogen and oxygen atoms in total. The summed E-state index contributed by atoms with van der Waals surface area (Å²) in [7, 11) is 0. The van der Waals surface area contributed by atoms with Crippen LogP contribution in [0.4, 0.5) is 16.3 Å². The predicted octanol–water partition coefficient (Wildman–Crippen LogP) is 4.12. The molecule has 14 heteroatoms. The van der Waals surface area contributed by atoms with E-state index < -0.39 is 29.5 Å². The zero-order chi connectivity index (χ0) is 30.9. The summed E-state index contributed by atoms with van der Waals surface area (Å²) in [4.78, 5) is 59.3. The van der Waals surface area contributed by atoms with Crippen LogP contribution >= 0.6 is 0 Å². The second kappa shape index (κ2) is 11.4. The topological polar surface area (TPSA) is 196 Å². The predicted molar refractivity (Wildman–Crippen MR) is 153 cm³/mol. The molecule has 3 amide bonds. The molecule has 0 atom stereocenters. The fourth-order valence-corrected chi connectivity index (χ4v) is 4.07. The number of carbonyl (C=O) groups is 4. The number of benzene rings is 1. The molecule has 3 heterocycles. The maximum absolute atomic E-state index is 13.1. The minimum atomic E-state index is -1.09. The minimum absolute atomic E-state index is 0.0173. The van der Waals surface area contributed by atoms with E-state index in [1.807, 2.05) is 0 Å². The molecule has 1 aliphatic carbocycles. The number of primary amides is 1. The van der Waals surface area contributed by atoms with Crippen LogP contribution in [0.3, 0.4) is 0 Å². The number of aromatic carboxylic acids is 1. The Labute approximate surface area is 245 Å². The third-order valence-electron chi connectivity index (χ3n) is 6.33. The van der Waals surface area contributed by atoms with Crippen LogP contribution in [-0.4, -0.2) is 60.9 Å². The van der Waals surface area contributed by atoms with Crippen molar-refractivity contribution in [3.63, 3.8) is 0 Å². The smallest absolute Gasteiger partial charge is 0.416 e. The Morgan fingerprint density at radius 2 is 1.88 bits per heavy atom. The molecule has 0 bridgehead atoms. The van der Waals surface area contributed by atoms with Crippen molar-refractivity contribution in [2.45, 2.75) is 39.2 Å². The highest BCUT2D eigenvalue weighted by molar-refractivity contribution is 6.07. The largest absolute Gasteiger partial charge is 0.478 e. The SMILES string of the molecule is CC(C)(C)OC(=O)N(CC1CC1)c1cc(-c2nc(C(=O)Nc3cn(-c4ccc(C(=O)O)cc4)nc3C(N)=O)co2)ccn1. The van der Waals surface area contributed by atoms with Crippen LogP contribution in [0.2, 0.25) is 0 Å². The number of amides is 3. The number of ether oxygens (including phenoxy) is 1. The van der Waals surface area contributed by atoms with E-state index in [0.717, 1.165) is 19.1 Å². The van der Waals surface area contributed by atoms with Crippen molar-refractivity contribution in [3.8, 4) is 17.1 Å². The van der Waals surface area contributed by atoms with Gasteiger partial charge in [-0.2, -0.15) is 5.10 Å². The molecule has 43 heavy (non-hydrogen) atoms. The Hall–Kier alpha value is -5.53. The number of oxazole rings is 1. The van der Waals surface area contributed by atoms with Crippen molar-refractivity contribution in [1.82, 2.24) is 19.7 Å². The average molecular weight is 588 g/mol. The number of rotatable bonds is 9. The first kappa shape index (κ1) is 29.0. The quantitative estimate of drug-likeness (QED) is 0.256. The average Bonchev–Trinajstić information content (AvgIpc) is 3.45.